The second-order valence-electron chi connectivity index (χ2n) is 4.74. The molecule has 2 rings (SSSR count). The molecule has 21 heavy (non-hydrogen) atoms. The van der Waals surface area contributed by atoms with Crippen molar-refractivity contribution in [1.29, 1.82) is 0 Å². The first-order valence-electron chi connectivity index (χ1n) is 6.49. The van der Waals surface area contributed by atoms with Crippen LogP contribution in [0.2, 0.25) is 0 Å². The highest BCUT2D eigenvalue weighted by molar-refractivity contribution is 5.95. The first kappa shape index (κ1) is 14.9. The Morgan fingerprint density at radius 1 is 1.29 bits per heavy atom. The number of halogens is 1. The average Bonchev–Trinajstić information content (AvgIpc) is 3.27. The van der Waals surface area contributed by atoms with E-state index < -0.39 is 22.2 Å². The zero-order valence-electron chi connectivity index (χ0n) is 11.1. The molecule has 2 amide bonds. The highest BCUT2D eigenvalue weighted by Gasteiger charge is 2.29. The monoisotopic (exact) mass is 295 g/mol. The first-order chi connectivity index (χ1) is 9.99. The second-order valence-corrected chi connectivity index (χ2v) is 4.74. The fourth-order valence-electron chi connectivity index (χ4n) is 1.75. The van der Waals surface area contributed by atoms with Gasteiger partial charge in [0.25, 0.3) is 11.6 Å². The molecule has 1 aromatic carbocycles. The van der Waals surface area contributed by atoms with Crippen LogP contribution in [0.25, 0.3) is 0 Å². The summed E-state index contributed by atoms with van der Waals surface area (Å²) in [5.74, 6) is -1.56. The van der Waals surface area contributed by atoms with E-state index in [0.717, 1.165) is 31.0 Å². The molecule has 0 unspecified atom stereocenters. The van der Waals surface area contributed by atoms with Gasteiger partial charge in [-0.15, -0.1) is 0 Å². The summed E-state index contributed by atoms with van der Waals surface area (Å²) >= 11 is 0. The number of benzene rings is 1. The van der Waals surface area contributed by atoms with E-state index in [0.29, 0.717) is 0 Å². The maximum absolute atomic E-state index is 13.5. The van der Waals surface area contributed by atoms with Crippen molar-refractivity contribution in [2.75, 3.05) is 13.1 Å². The number of nitro benzene ring substituents is 1. The van der Waals surface area contributed by atoms with Crippen LogP contribution in [0.1, 0.15) is 23.2 Å². The van der Waals surface area contributed by atoms with Gasteiger partial charge < -0.3 is 10.6 Å². The van der Waals surface area contributed by atoms with Gasteiger partial charge in [-0.05, 0) is 18.9 Å². The molecule has 0 radical (unpaired) electrons. The van der Waals surface area contributed by atoms with Gasteiger partial charge in [0.2, 0.25) is 5.91 Å². The summed E-state index contributed by atoms with van der Waals surface area (Å²) in [5, 5.41) is 15.6. The molecule has 1 aliphatic rings. The predicted molar refractivity (Wildman–Crippen MR) is 71.1 cm³/mol. The third kappa shape index (κ3) is 3.98. The van der Waals surface area contributed by atoms with Gasteiger partial charge in [0.1, 0.15) is 5.82 Å². The molecule has 1 aliphatic carbocycles. The minimum atomic E-state index is -0.833. The van der Waals surface area contributed by atoms with E-state index in [2.05, 4.69) is 10.6 Å². The van der Waals surface area contributed by atoms with Crippen LogP contribution in [0.4, 0.5) is 10.1 Å². The smallest absolute Gasteiger partial charge is 0.270 e. The van der Waals surface area contributed by atoms with E-state index in [1.807, 2.05) is 0 Å². The predicted octanol–water partition coefficient (Wildman–Crippen LogP) is 0.990. The molecule has 8 heteroatoms. The molecule has 0 bridgehead atoms. The molecule has 0 saturated heterocycles. The third-order valence-corrected chi connectivity index (χ3v) is 3.06. The number of hydrogen-bond acceptors (Lipinski definition) is 4. The normalized spacial score (nSPS) is 13.6. The van der Waals surface area contributed by atoms with Crippen LogP contribution in [0, 0.1) is 21.8 Å². The zero-order chi connectivity index (χ0) is 15.4. The summed E-state index contributed by atoms with van der Waals surface area (Å²) in [5.41, 5.74) is -0.749. The van der Waals surface area contributed by atoms with E-state index in [9.17, 15) is 24.1 Å². The van der Waals surface area contributed by atoms with Gasteiger partial charge in [-0.1, -0.05) is 0 Å². The topological polar surface area (TPSA) is 101 Å². The van der Waals surface area contributed by atoms with Crippen molar-refractivity contribution in [3.63, 3.8) is 0 Å². The number of rotatable bonds is 6. The Kier molecular flexibility index (Phi) is 4.46. The molecule has 0 aliphatic heterocycles. The SMILES string of the molecule is O=C(NCCNC(=O)C1CC1)c1cc([N+](=O)[O-])ccc1F. The van der Waals surface area contributed by atoms with Crippen LogP contribution in [0.3, 0.4) is 0 Å². The van der Waals surface area contributed by atoms with Crippen LogP contribution in [-0.4, -0.2) is 29.8 Å². The Hall–Kier alpha value is -2.51. The van der Waals surface area contributed by atoms with Gasteiger partial charge in [-0.3, -0.25) is 19.7 Å². The van der Waals surface area contributed by atoms with Gasteiger partial charge in [-0.25, -0.2) is 4.39 Å². The quantitative estimate of drug-likeness (QED) is 0.464. The number of nitrogens with one attached hydrogen (secondary N) is 2. The standard InChI is InChI=1S/C13H14FN3O4/c14-11-4-3-9(17(20)21)7-10(11)13(19)16-6-5-15-12(18)8-1-2-8/h3-4,7-8H,1-2,5-6H2,(H,15,18)(H,16,19). The van der Waals surface area contributed by atoms with Crippen molar-refractivity contribution in [1.82, 2.24) is 10.6 Å². The fourth-order valence-corrected chi connectivity index (χ4v) is 1.75. The third-order valence-electron chi connectivity index (χ3n) is 3.06. The highest BCUT2D eigenvalue weighted by Crippen LogP contribution is 2.28. The second kappa shape index (κ2) is 6.29. The molecule has 2 N–H and O–H groups in total. The molecule has 1 saturated carbocycles. The van der Waals surface area contributed by atoms with Crippen LogP contribution in [0.15, 0.2) is 18.2 Å². The Labute approximate surface area is 119 Å². The van der Waals surface area contributed by atoms with Gasteiger partial charge >= 0.3 is 0 Å². The minimum Gasteiger partial charge on any atom is -0.354 e. The number of nitrogens with zero attached hydrogens (tertiary/aromatic N) is 1. The van der Waals surface area contributed by atoms with Crippen molar-refractivity contribution in [3.05, 3.63) is 39.7 Å². The summed E-state index contributed by atoms with van der Waals surface area (Å²) < 4.78 is 13.5. The fraction of sp³-hybridized carbons (Fsp3) is 0.385. The lowest BCUT2D eigenvalue weighted by Gasteiger charge is -2.07. The van der Waals surface area contributed by atoms with Crippen molar-refractivity contribution in [2.45, 2.75) is 12.8 Å². The van der Waals surface area contributed by atoms with E-state index in [4.69, 9.17) is 0 Å². The van der Waals surface area contributed by atoms with Crippen molar-refractivity contribution in [2.24, 2.45) is 5.92 Å². The lowest BCUT2D eigenvalue weighted by atomic mass is 10.1. The van der Waals surface area contributed by atoms with Gasteiger partial charge in [0, 0.05) is 31.1 Å². The average molecular weight is 295 g/mol. The molecule has 112 valence electrons. The van der Waals surface area contributed by atoms with Crippen molar-refractivity contribution < 1.29 is 18.9 Å². The van der Waals surface area contributed by atoms with E-state index >= 15 is 0 Å². The number of carbonyl (C=O) groups excluding carboxylic acids is 2. The number of hydrogen-bond donors (Lipinski definition) is 2. The maximum atomic E-state index is 13.5. The Bertz CT molecular complexity index is 587. The van der Waals surface area contributed by atoms with Crippen LogP contribution >= 0.6 is 0 Å². The Morgan fingerprint density at radius 3 is 2.57 bits per heavy atom. The lowest BCUT2D eigenvalue weighted by molar-refractivity contribution is -0.384. The summed E-state index contributed by atoms with van der Waals surface area (Å²) in [6.07, 6.45) is 1.77. The molecule has 0 spiro atoms. The molecule has 1 fully saturated rings. The summed E-state index contributed by atoms with van der Waals surface area (Å²) in [6, 6.07) is 2.75. The number of carbonyl (C=O) groups is 2. The number of nitro groups is 1. The molecule has 0 atom stereocenters. The summed E-state index contributed by atoms with van der Waals surface area (Å²) in [7, 11) is 0. The van der Waals surface area contributed by atoms with Crippen LogP contribution in [0.5, 0.6) is 0 Å². The molecule has 0 aromatic heterocycles. The first-order valence-corrected chi connectivity index (χ1v) is 6.49. The van der Waals surface area contributed by atoms with E-state index in [-0.39, 0.29) is 30.6 Å². The Balaban J connectivity index is 1.86. The van der Waals surface area contributed by atoms with Crippen molar-refractivity contribution >= 4 is 17.5 Å². The van der Waals surface area contributed by atoms with Gasteiger partial charge in [-0.2, -0.15) is 0 Å². The number of non-ortho nitro benzene ring substituents is 1. The molecular formula is C13H14FN3O4. The molecule has 1 aromatic rings. The van der Waals surface area contributed by atoms with Gasteiger partial charge in [0.15, 0.2) is 0 Å². The Morgan fingerprint density at radius 2 is 1.95 bits per heavy atom. The number of amides is 2. The summed E-state index contributed by atoms with van der Waals surface area (Å²) in [4.78, 5) is 33.0. The molecular weight excluding hydrogens is 281 g/mol. The van der Waals surface area contributed by atoms with Crippen molar-refractivity contribution in [3.8, 4) is 0 Å². The lowest BCUT2D eigenvalue weighted by Crippen LogP contribution is -2.35. The largest absolute Gasteiger partial charge is 0.354 e. The summed E-state index contributed by atoms with van der Waals surface area (Å²) in [6.45, 7) is 0.358. The molecule has 7 nitrogen and oxygen atoms in total. The van der Waals surface area contributed by atoms with E-state index in [1.54, 1.807) is 0 Å². The van der Waals surface area contributed by atoms with Crippen LogP contribution in [-0.2, 0) is 4.79 Å². The maximum Gasteiger partial charge on any atom is 0.270 e. The molecule has 0 heterocycles. The van der Waals surface area contributed by atoms with Gasteiger partial charge in [0.05, 0.1) is 10.5 Å². The minimum absolute atomic E-state index is 0.0502. The van der Waals surface area contributed by atoms with Crippen LogP contribution < -0.4 is 10.6 Å². The zero-order valence-corrected chi connectivity index (χ0v) is 11.1. The van der Waals surface area contributed by atoms with E-state index in [1.165, 1.54) is 0 Å². The highest BCUT2D eigenvalue weighted by atomic mass is 19.1.